The van der Waals surface area contributed by atoms with E-state index in [1.54, 1.807) is 0 Å². The zero-order valence-electron chi connectivity index (χ0n) is 26.7. The van der Waals surface area contributed by atoms with E-state index in [9.17, 15) is 0 Å². The summed E-state index contributed by atoms with van der Waals surface area (Å²) in [4.78, 5) is 15.0. The Morgan fingerprint density at radius 2 is 1.14 bits per heavy atom. The molecule has 11 aromatic rings. The molecule has 11 rings (SSSR count). The average molecular weight is 655 g/mol. The van der Waals surface area contributed by atoms with Crippen LogP contribution in [0.4, 0.5) is 0 Å². The van der Waals surface area contributed by atoms with Gasteiger partial charge < -0.3 is 0 Å². The lowest BCUT2D eigenvalue weighted by Crippen LogP contribution is -2.04. The summed E-state index contributed by atoms with van der Waals surface area (Å²) in [6.45, 7) is 0. The first-order valence-electron chi connectivity index (χ1n) is 16.8. The number of thiophene rings is 1. The summed E-state index contributed by atoms with van der Waals surface area (Å²) in [7, 11) is 0. The van der Waals surface area contributed by atoms with E-state index in [0.717, 1.165) is 33.3 Å². The maximum atomic E-state index is 5.23. The van der Waals surface area contributed by atoms with Gasteiger partial charge in [0.05, 0.1) is 16.6 Å². The van der Waals surface area contributed by atoms with E-state index in [-0.39, 0.29) is 0 Å². The van der Waals surface area contributed by atoms with Gasteiger partial charge in [0, 0.05) is 42.7 Å². The van der Waals surface area contributed by atoms with Crippen molar-refractivity contribution in [2.75, 3.05) is 0 Å². The summed E-state index contributed by atoms with van der Waals surface area (Å²) >= 11 is 1.87. The van der Waals surface area contributed by atoms with Crippen LogP contribution < -0.4 is 0 Å². The fraction of sp³-hybridized carbons (Fsp3) is 0. The van der Waals surface area contributed by atoms with Gasteiger partial charge in [-0.2, -0.15) is 0 Å². The Morgan fingerprint density at radius 1 is 0.440 bits per heavy atom. The molecule has 0 aliphatic carbocycles. The van der Waals surface area contributed by atoms with Crippen molar-refractivity contribution in [1.82, 2.24) is 19.5 Å². The summed E-state index contributed by atoms with van der Waals surface area (Å²) < 4.78 is 4.86. The molecule has 0 fully saturated rings. The molecule has 50 heavy (non-hydrogen) atoms. The summed E-state index contributed by atoms with van der Waals surface area (Å²) in [5.41, 5.74) is 8.05. The number of hydrogen-bond acceptors (Lipinski definition) is 4. The van der Waals surface area contributed by atoms with Crippen molar-refractivity contribution in [3.63, 3.8) is 0 Å². The predicted molar refractivity (Wildman–Crippen MR) is 210 cm³/mol. The van der Waals surface area contributed by atoms with E-state index < -0.39 is 0 Å². The van der Waals surface area contributed by atoms with Crippen molar-refractivity contribution in [1.29, 1.82) is 0 Å². The largest absolute Gasteiger partial charge is 0.278 e. The average Bonchev–Trinajstić information content (AvgIpc) is 3.74. The van der Waals surface area contributed by atoms with Crippen molar-refractivity contribution >= 4 is 85.9 Å². The molecule has 4 heterocycles. The van der Waals surface area contributed by atoms with E-state index in [0.29, 0.717) is 5.95 Å². The fourth-order valence-electron chi connectivity index (χ4n) is 7.94. The van der Waals surface area contributed by atoms with Crippen LogP contribution in [-0.4, -0.2) is 19.5 Å². The van der Waals surface area contributed by atoms with Crippen molar-refractivity contribution in [2.45, 2.75) is 0 Å². The maximum absolute atomic E-state index is 5.23. The SMILES string of the molecule is c1ccc(-c2nc(-n3c4ccccc4c4c5cccc(-c6cccc7c6ccc6sc8ccccc8c67)c5ccc43)nc3cccnc23)cc1. The van der Waals surface area contributed by atoms with Gasteiger partial charge in [0.25, 0.3) is 0 Å². The monoisotopic (exact) mass is 654 g/mol. The highest BCUT2D eigenvalue weighted by molar-refractivity contribution is 7.26. The van der Waals surface area contributed by atoms with Crippen LogP contribution in [-0.2, 0) is 0 Å². The third kappa shape index (κ3) is 3.89. The molecule has 4 aromatic heterocycles. The molecule has 0 saturated heterocycles. The number of benzene rings is 7. The highest BCUT2D eigenvalue weighted by Gasteiger charge is 2.20. The molecule has 0 aliphatic rings. The first-order chi connectivity index (χ1) is 24.8. The minimum Gasteiger partial charge on any atom is -0.278 e. The molecule has 7 aromatic carbocycles. The van der Waals surface area contributed by atoms with Gasteiger partial charge in [0.1, 0.15) is 11.2 Å². The van der Waals surface area contributed by atoms with E-state index in [1.807, 2.05) is 47.9 Å². The van der Waals surface area contributed by atoms with Crippen LogP contribution >= 0.6 is 11.3 Å². The molecule has 0 bridgehead atoms. The van der Waals surface area contributed by atoms with Crippen LogP contribution in [0.25, 0.3) is 103 Å². The molecule has 0 amide bonds. The molecular formula is C45H26N4S. The molecule has 0 spiro atoms. The number of para-hydroxylation sites is 1. The van der Waals surface area contributed by atoms with Gasteiger partial charge in [-0.3, -0.25) is 9.55 Å². The van der Waals surface area contributed by atoms with E-state index in [2.05, 4.69) is 126 Å². The third-order valence-electron chi connectivity index (χ3n) is 10.1. The molecule has 232 valence electrons. The van der Waals surface area contributed by atoms with Crippen LogP contribution in [0.5, 0.6) is 0 Å². The van der Waals surface area contributed by atoms with Crippen LogP contribution in [0.15, 0.2) is 158 Å². The summed E-state index contributed by atoms with van der Waals surface area (Å²) in [5, 5.41) is 10.0. The lowest BCUT2D eigenvalue weighted by molar-refractivity contribution is 1.01. The van der Waals surface area contributed by atoms with Crippen molar-refractivity contribution in [2.24, 2.45) is 0 Å². The molecule has 0 N–H and O–H groups in total. The number of rotatable bonds is 3. The summed E-state index contributed by atoms with van der Waals surface area (Å²) in [6.07, 6.45) is 1.81. The smallest absolute Gasteiger partial charge is 0.235 e. The van der Waals surface area contributed by atoms with Crippen molar-refractivity contribution < 1.29 is 0 Å². The Bertz CT molecular complexity index is 3160. The molecule has 0 aliphatic heterocycles. The molecule has 0 unspecified atom stereocenters. The van der Waals surface area contributed by atoms with E-state index >= 15 is 0 Å². The fourth-order valence-corrected chi connectivity index (χ4v) is 9.07. The van der Waals surface area contributed by atoms with Crippen LogP contribution in [0, 0.1) is 0 Å². The Hall–Kier alpha value is -6.43. The predicted octanol–water partition coefficient (Wildman–Crippen LogP) is 12.1. The van der Waals surface area contributed by atoms with Gasteiger partial charge in [-0.15, -0.1) is 11.3 Å². The van der Waals surface area contributed by atoms with Crippen molar-refractivity contribution in [3.8, 4) is 28.3 Å². The molecule has 4 nitrogen and oxygen atoms in total. The number of fused-ring (bicyclic) bond motifs is 11. The first-order valence-corrected chi connectivity index (χ1v) is 17.6. The first kappa shape index (κ1) is 27.5. The topological polar surface area (TPSA) is 43.6 Å². The van der Waals surface area contributed by atoms with E-state index in [1.165, 1.54) is 63.6 Å². The Balaban J connectivity index is 1.19. The highest BCUT2D eigenvalue weighted by Crippen LogP contribution is 2.44. The minimum absolute atomic E-state index is 0.632. The number of aromatic nitrogens is 4. The van der Waals surface area contributed by atoms with Gasteiger partial charge in [-0.05, 0) is 69.1 Å². The normalized spacial score (nSPS) is 12.0. The Labute approximate surface area is 290 Å². The lowest BCUT2D eigenvalue weighted by atomic mass is 9.91. The lowest BCUT2D eigenvalue weighted by Gasteiger charge is -2.13. The Kier molecular flexibility index (Phi) is 5.80. The molecule has 0 radical (unpaired) electrons. The van der Waals surface area contributed by atoms with Crippen molar-refractivity contribution in [3.05, 3.63) is 158 Å². The number of pyridine rings is 1. The second kappa shape index (κ2) is 10.5. The van der Waals surface area contributed by atoms with Crippen LogP contribution in [0.3, 0.4) is 0 Å². The van der Waals surface area contributed by atoms with Gasteiger partial charge in [-0.25, -0.2) is 9.97 Å². The maximum Gasteiger partial charge on any atom is 0.235 e. The van der Waals surface area contributed by atoms with Crippen LogP contribution in [0.1, 0.15) is 0 Å². The zero-order valence-corrected chi connectivity index (χ0v) is 27.5. The molecular weight excluding hydrogens is 629 g/mol. The van der Waals surface area contributed by atoms with Crippen LogP contribution in [0.2, 0.25) is 0 Å². The second-order valence-electron chi connectivity index (χ2n) is 12.8. The number of nitrogens with zero attached hydrogens (tertiary/aromatic N) is 4. The van der Waals surface area contributed by atoms with E-state index in [4.69, 9.17) is 15.0 Å². The van der Waals surface area contributed by atoms with Gasteiger partial charge in [0.2, 0.25) is 5.95 Å². The molecule has 0 atom stereocenters. The van der Waals surface area contributed by atoms with Gasteiger partial charge in [0.15, 0.2) is 0 Å². The van der Waals surface area contributed by atoms with Gasteiger partial charge in [-0.1, -0.05) is 115 Å². The minimum atomic E-state index is 0.632. The standard InChI is InChI=1S/C45H26N4S/c1-2-11-27(12-3-1)43-44-36(19-10-26-46-44)47-45(48-43)49-37-20-6-4-13-34(37)41-32-17-8-15-28(30(32)22-24-38(41)49)29-16-9-18-33-31(29)23-25-40-42(33)35-14-5-7-21-39(35)50-40/h1-26H. The second-order valence-corrected chi connectivity index (χ2v) is 13.8. The Morgan fingerprint density at radius 3 is 1.98 bits per heavy atom. The number of hydrogen-bond donors (Lipinski definition) is 0. The molecule has 5 heteroatoms. The van der Waals surface area contributed by atoms with Gasteiger partial charge >= 0.3 is 0 Å². The summed E-state index contributed by atoms with van der Waals surface area (Å²) in [6, 6.07) is 54.2. The summed E-state index contributed by atoms with van der Waals surface area (Å²) in [5.74, 6) is 0.632. The third-order valence-corrected chi connectivity index (χ3v) is 11.2. The highest BCUT2D eigenvalue weighted by atomic mass is 32.1. The molecule has 0 saturated carbocycles. The quantitative estimate of drug-likeness (QED) is 0.190. The zero-order chi connectivity index (χ0) is 32.8.